The fourth-order valence-corrected chi connectivity index (χ4v) is 6.10. The van der Waals surface area contributed by atoms with Crippen LogP contribution in [0.5, 0.6) is 0 Å². The lowest BCUT2D eigenvalue weighted by Crippen LogP contribution is -2.48. The molecule has 216 valence electrons. The van der Waals surface area contributed by atoms with Crippen LogP contribution in [0, 0.1) is 0 Å². The van der Waals surface area contributed by atoms with E-state index in [1.54, 1.807) is 19.1 Å². The number of rotatable bonds is 9. The van der Waals surface area contributed by atoms with Crippen LogP contribution in [0.1, 0.15) is 41.3 Å². The second-order valence-electron chi connectivity index (χ2n) is 10.5. The van der Waals surface area contributed by atoms with Gasteiger partial charge in [-0.15, -0.1) is 0 Å². The van der Waals surface area contributed by atoms with Crippen molar-refractivity contribution in [1.82, 2.24) is 10.2 Å². The van der Waals surface area contributed by atoms with Gasteiger partial charge in [-0.3, -0.25) is 9.69 Å². The molecule has 1 aliphatic heterocycles. The Balaban J connectivity index is 1.26. The first-order valence-electron chi connectivity index (χ1n) is 14.0. The summed E-state index contributed by atoms with van der Waals surface area (Å²) in [4.78, 5) is 30.2. The molecule has 3 aromatic carbocycles. The number of fused-ring (bicyclic) bond motifs is 3. The number of halogens is 3. The van der Waals surface area contributed by atoms with Crippen LogP contribution in [0.3, 0.4) is 0 Å². The van der Waals surface area contributed by atoms with Crippen molar-refractivity contribution in [1.29, 1.82) is 0 Å². The Hall–Kier alpha value is -3.85. The van der Waals surface area contributed by atoms with Crippen molar-refractivity contribution in [3.05, 3.63) is 89.5 Å². The number of amides is 1. The molecule has 1 fully saturated rings. The van der Waals surface area contributed by atoms with E-state index in [9.17, 15) is 22.8 Å². The summed E-state index contributed by atoms with van der Waals surface area (Å²) in [6, 6.07) is 22.5. The topological polar surface area (TPSA) is 61.9 Å². The molecule has 1 aliphatic carbocycles. The van der Waals surface area contributed by atoms with Crippen molar-refractivity contribution < 1.29 is 27.5 Å². The second kappa shape index (κ2) is 11.9. The number of esters is 1. The predicted molar refractivity (Wildman–Crippen MR) is 152 cm³/mol. The number of benzene rings is 3. The average molecular weight is 566 g/mol. The van der Waals surface area contributed by atoms with Crippen LogP contribution in [0.15, 0.2) is 72.8 Å². The number of alkyl halides is 3. The molecular weight excluding hydrogens is 531 g/mol. The zero-order valence-corrected chi connectivity index (χ0v) is 23.0. The Labute approximate surface area is 238 Å². The summed E-state index contributed by atoms with van der Waals surface area (Å²) in [5.74, 6) is -0.940. The zero-order chi connectivity index (χ0) is 29.0. The van der Waals surface area contributed by atoms with Crippen LogP contribution in [0.4, 0.5) is 18.9 Å². The van der Waals surface area contributed by atoms with Crippen molar-refractivity contribution >= 4 is 17.6 Å². The smallest absolute Gasteiger partial charge is 0.405 e. The first-order valence-corrected chi connectivity index (χ1v) is 14.0. The van der Waals surface area contributed by atoms with E-state index in [0.717, 1.165) is 60.7 Å². The van der Waals surface area contributed by atoms with Gasteiger partial charge in [0.15, 0.2) is 0 Å². The van der Waals surface area contributed by atoms with E-state index in [4.69, 9.17) is 4.74 Å². The van der Waals surface area contributed by atoms with Crippen LogP contribution in [-0.4, -0.2) is 68.8 Å². The maximum Gasteiger partial charge on any atom is 0.405 e. The van der Waals surface area contributed by atoms with Gasteiger partial charge in [0.25, 0.3) is 0 Å². The third kappa shape index (κ3) is 5.95. The van der Waals surface area contributed by atoms with Crippen LogP contribution < -0.4 is 10.2 Å². The maximum absolute atomic E-state index is 13.7. The van der Waals surface area contributed by atoms with Crippen molar-refractivity contribution in [2.24, 2.45) is 0 Å². The number of nitrogens with one attached hydrogen (secondary N) is 1. The summed E-state index contributed by atoms with van der Waals surface area (Å²) in [7, 11) is 0. The SMILES string of the molecule is CCOC(=O)c1ccc(N2CCN(CCCC3(C(=O)NCC(F)(F)F)c4ccccc4-c4ccccc43)CC2)cc1. The third-order valence-electron chi connectivity index (χ3n) is 8.04. The normalized spacial score (nSPS) is 16.1. The molecule has 9 heteroatoms. The van der Waals surface area contributed by atoms with Crippen LogP contribution in [0.25, 0.3) is 11.1 Å². The Morgan fingerprint density at radius 2 is 1.46 bits per heavy atom. The second-order valence-corrected chi connectivity index (χ2v) is 10.5. The number of carbonyl (C=O) groups is 2. The molecule has 0 radical (unpaired) electrons. The van der Waals surface area contributed by atoms with Gasteiger partial charge in [-0.25, -0.2) is 4.79 Å². The molecule has 6 nitrogen and oxygen atoms in total. The van der Waals surface area contributed by atoms with Gasteiger partial charge >= 0.3 is 12.1 Å². The number of piperazine rings is 1. The lowest BCUT2D eigenvalue weighted by molar-refractivity contribution is -0.141. The lowest BCUT2D eigenvalue weighted by Gasteiger charge is -2.37. The van der Waals surface area contributed by atoms with Crippen LogP contribution >= 0.6 is 0 Å². The van der Waals surface area contributed by atoms with E-state index in [1.807, 2.05) is 60.7 Å². The van der Waals surface area contributed by atoms with Gasteiger partial charge in [0, 0.05) is 31.9 Å². The monoisotopic (exact) mass is 565 g/mol. The molecule has 5 rings (SSSR count). The lowest BCUT2D eigenvalue weighted by atomic mass is 9.73. The number of carbonyl (C=O) groups excluding carboxylic acids is 2. The van der Waals surface area contributed by atoms with E-state index in [0.29, 0.717) is 25.0 Å². The number of hydrogen-bond acceptors (Lipinski definition) is 5. The Bertz CT molecular complexity index is 1340. The van der Waals surface area contributed by atoms with E-state index < -0.39 is 24.0 Å². The highest BCUT2D eigenvalue weighted by Crippen LogP contribution is 2.51. The highest BCUT2D eigenvalue weighted by atomic mass is 19.4. The minimum absolute atomic E-state index is 0.332. The highest BCUT2D eigenvalue weighted by molar-refractivity contribution is 6.00. The minimum atomic E-state index is -4.49. The van der Waals surface area contributed by atoms with E-state index in [-0.39, 0.29) is 5.97 Å². The van der Waals surface area contributed by atoms with Gasteiger partial charge in [-0.1, -0.05) is 48.5 Å². The molecule has 2 aliphatic rings. The molecule has 1 amide bonds. The van der Waals surface area contributed by atoms with Crippen molar-refractivity contribution in [2.45, 2.75) is 31.4 Å². The summed E-state index contributed by atoms with van der Waals surface area (Å²) in [5, 5.41) is 2.20. The zero-order valence-electron chi connectivity index (χ0n) is 23.0. The molecular formula is C32H34F3N3O3. The highest BCUT2D eigenvalue weighted by Gasteiger charge is 2.49. The number of hydrogen-bond donors (Lipinski definition) is 1. The molecule has 0 bridgehead atoms. The third-order valence-corrected chi connectivity index (χ3v) is 8.04. The van der Waals surface area contributed by atoms with Crippen LogP contribution in [-0.2, 0) is 14.9 Å². The molecule has 0 unspecified atom stereocenters. The maximum atomic E-state index is 13.7. The predicted octanol–water partition coefficient (Wildman–Crippen LogP) is 5.41. The minimum Gasteiger partial charge on any atom is -0.462 e. The molecule has 41 heavy (non-hydrogen) atoms. The molecule has 3 aromatic rings. The summed E-state index contributed by atoms with van der Waals surface area (Å²) < 4.78 is 44.4. The van der Waals surface area contributed by atoms with Gasteiger partial charge < -0.3 is 15.0 Å². The largest absolute Gasteiger partial charge is 0.462 e. The van der Waals surface area contributed by atoms with Gasteiger partial charge in [-0.05, 0) is 72.8 Å². The number of anilines is 1. The van der Waals surface area contributed by atoms with Crippen LogP contribution in [0.2, 0.25) is 0 Å². The summed E-state index contributed by atoms with van der Waals surface area (Å²) in [6.45, 7) is 4.74. The van der Waals surface area contributed by atoms with Gasteiger partial charge in [0.05, 0.1) is 12.2 Å². The van der Waals surface area contributed by atoms with Crippen molar-refractivity contribution in [3.8, 4) is 11.1 Å². The molecule has 1 heterocycles. The Kier molecular flexibility index (Phi) is 8.35. The van der Waals surface area contributed by atoms with Gasteiger partial charge in [-0.2, -0.15) is 13.2 Å². The van der Waals surface area contributed by atoms with E-state index >= 15 is 0 Å². The van der Waals surface area contributed by atoms with E-state index in [1.165, 1.54) is 0 Å². The number of nitrogens with zero attached hydrogens (tertiary/aromatic N) is 2. The van der Waals surface area contributed by atoms with Gasteiger partial charge in [0.1, 0.15) is 12.0 Å². The fraction of sp³-hybridized carbons (Fsp3) is 0.375. The average Bonchev–Trinajstić information content (AvgIpc) is 3.27. The molecule has 0 spiro atoms. The van der Waals surface area contributed by atoms with Crippen molar-refractivity contribution in [3.63, 3.8) is 0 Å². The number of ether oxygens (including phenoxy) is 1. The molecule has 0 aromatic heterocycles. The molecule has 0 atom stereocenters. The standard InChI is InChI=1S/C32H34F3N3O3/c1-2-41-29(39)23-12-14-24(15-13-23)38-20-18-37(19-21-38)17-7-16-31(30(40)36-22-32(33,34)35)27-10-5-3-8-25(27)26-9-4-6-11-28(26)31/h3-6,8-15H,2,7,16-22H2,1H3,(H,36,40). The summed E-state index contributed by atoms with van der Waals surface area (Å²) in [6.07, 6.45) is -3.44. The quantitative estimate of drug-likeness (QED) is 0.352. The molecule has 0 saturated carbocycles. The van der Waals surface area contributed by atoms with E-state index in [2.05, 4.69) is 15.1 Å². The Morgan fingerprint density at radius 1 is 0.878 bits per heavy atom. The summed E-state index contributed by atoms with van der Waals surface area (Å²) >= 11 is 0. The molecule has 1 N–H and O–H groups in total. The fourth-order valence-electron chi connectivity index (χ4n) is 6.10. The van der Waals surface area contributed by atoms with Gasteiger partial charge in [0.2, 0.25) is 5.91 Å². The molecule has 1 saturated heterocycles. The summed E-state index contributed by atoms with van der Waals surface area (Å²) in [5.41, 5.74) is 3.70. The first-order chi connectivity index (χ1) is 19.7. The first kappa shape index (κ1) is 28.7. The Morgan fingerprint density at radius 3 is 2.02 bits per heavy atom. The van der Waals surface area contributed by atoms with Crippen molar-refractivity contribution in [2.75, 3.05) is 50.8 Å².